The molecule has 0 heterocycles. The van der Waals surface area contributed by atoms with Crippen LogP contribution in [0.5, 0.6) is 0 Å². The highest BCUT2D eigenvalue weighted by atomic mass is 16.6. The van der Waals surface area contributed by atoms with Crippen LogP contribution in [-0.2, 0) is 0 Å². The third kappa shape index (κ3) is 3.31. The zero-order valence-electron chi connectivity index (χ0n) is 12.0. The minimum Gasteiger partial charge on any atom is -0.394 e. The van der Waals surface area contributed by atoms with Gasteiger partial charge in [-0.1, -0.05) is 19.8 Å². The van der Waals surface area contributed by atoms with E-state index in [9.17, 15) is 15.2 Å². The maximum atomic E-state index is 11.2. The highest BCUT2D eigenvalue weighted by Gasteiger charge is 2.35. The summed E-state index contributed by atoms with van der Waals surface area (Å²) in [5.74, 6) is 0.468. The zero-order valence-corrected chi connectivity index (χ0v) is 12.0. The maximum Gasteiger partial charge on any atom is 0.293 e. The number of nitrogens with zero attached hydrogens (tertiary/aromatic N) is 2. The molecule has 2 unspecified atom stereocenters. The standard InChI is InChI=1S/C15H19N3O3/c1-11-3-2-6-15(8-11,10-19)17-13-5-4-12(9-16)7-14(13)18(20)21/h4-5,7,11,17,19H,2-3,6,8,10H2,1H3. The van der Waals surface area contributed by atoms with Crippen molar-refractivity contribution in [1.82, 2.24) is 0 Å². The number of hydrogen-bond acceptors (Lipinski definition) is 5. The number of aliphatic hydroxyl groups excluding tert-OH is 1. The van der Waals surface area contributed by atoms with Gasteiger partial charge in [-0.25, -0.2) is 0 Å². The quantitative estimate of drug-likeness (QED) is 0.656. The molecule has 21 heavy (non-hydrogen) atoms. The van der Waals surface area contributed by atoms with Gasteiger partial charge in [-0.3, -0.25) is 10.1 Å². The molecule has 0 spiro atoms. The molecule has 2 N–H and O–H groups in total. The van der Waals surface area contributed by atoms with Crippen molar-refractivity contribution in [3.8, 4) is 6.07 Å². The van der Waals surface area contributed by atoms with Crippen molar-refractivity contribution in [2.75, 3.05) is 11.9 Å². The van der Waals surface area contributed by atoms with Gasteiger partial charge in [-0.05, 0) is 30.9 Å². The fourth-order valence-electron chi connectivity index (χ4n) is 3.10. The van der Waals surface area contributed by atoms with E-state index >= 15 is 0 Å². The highest BCUT2D eigenvalue weighted by molar-refractivity contribution is 5.65. The Balaban J connectivity index is 2.33. The van der Waals surface area contributed by atoms with E-state index in [1.165, 1.54) is 6.07 Å². The van der Waals surface area contributed by atoms with E-state index < -0.39 is 10.5 Å². The number of nitriles is 1. The number of nitro groups is 1. The second-order valence-electron chi connectivity index (χ2n) is 5.87. The first-order chi connectivity index (χ1) is 9.99. The first-order valence-electron chi connectivity index (χ1n) is 7.07. The monoisotopic (exact) mass is 289 g/mol. The van der Waals surface area contributed by atoms with Crippen molar-refractivity contribution >= 4 is 11.4 Å². The predicted octanol–water partition coefficient (Wildman–Crippen LogP) is 2.82. The Morgan fingerprint density at radius 2 is 2.38 bits per heavy atom. The molecule has 0 bridgehead atoms. The van der Waals surface area contributed by atoms with Crippen molar-refractivity contribution < 1.29 is 10.0 Å². The van der Waals surface area contributed by atoms with E-state index in [-0.39, 0.29) is 17.9 Å². The Labute approximate surface area is 123 Å². The van der Waals surface area contributed by atoms with Crippen LogP contribution < -0.4 is 5.32 Å². The molecule has 0 amide bonds. The van der Waals surface area contributed by atoms with E-state index in [1.54, 1.807) is 12.1 Å². The molecule has 1 aliphatic rings. The number of nitrogens with one attached hydrogen (secondary N) is 1. The molecule has 0 saturated heterocycles. The van der Waals surface area contributed by atoms with E-state index in [0.717, 1.165) is 25.7 Å². The van der Waals surface area contributed by atoms with Crippen LogP contribution in [0, 0.1) is 27.4 Å². The number of anilines is 1. The van der Waals surface area contributed by atoms with Crippen molar-refractivity contribution in [3.63, 3.8) is 0 Å². The summed E-state index contributed by atoms with van der Waals surface area (Å²) in [6.07, 6.45) is 3.66. The molecule has 112 valence electrons. The summed E-state index contributed by atoms with van der Waals surface area (Å²) >= 11 is 0. The summed E-state index contributed by atoms with van der Waals surface area (Å²) < 4.78 is 0. The number of rotatable bonds is 4. The van der Waals surface area contributed by atoms with Gasteiger partial charge in [0.05, 0.1) is 28.7 Å². The molecule has 0 aromatic heterocycles. The lowest BCUT2D eigenvalue weighted by Gasteiger charge is -2.40. The Morgan fingerprint density at radius 3 is 2.95 bits per heavy atom. The smallest absolute Gasteiger partial charge is 0.293 e. The van der Waals surface area contributed by atoms with E-state index in [1.807, 2.05) is 6.07 Å². The minimum atomic E-state index is -0.517. The largest absolute Gasteiger partial charge is 0.394 e. The number of hydrogen-bond donors (Lipinski definition) is 2. The molecule has 1 saturated carbocycles. The molecule has 0 radical (unpaired) electrons. The molecule has 0 aliphatic heterocycles. The first kappa shape index (κ1) is 15.3. The third-order valence-corrected chi connectivity index (χ3v) is 4.12. The van der Waals surface area contributed by atoms with Gasteiger partial charge in [0.2, 0.25) is 0 Å². The lowest BCUT2D eigenvalue weighted by atomic mass is 9.76. The second-order valence-corrected chi connectivity index (χ2v) is 5.87. The van der Waals surface area contributed by atoms with Crippen molar-refractivity contribution in [3.05, 3.63) is 33.9 Å². The van der Waals surface area contributed by atoms with Gasteiger partial charge < -0.3 is 10.4 Å². The molecule has 2 rings (SSSR count). The van der Waals surface area contributed by atoms with E-state index in [4.69, 9.17) is 5.26 Å². The van der Waals surface area contributed by atoms with Crippen LogP contribution in [0.25, 0.3) is 0 Å². The van der Waals surface area contributed by atoms with Crippen LogP contribution in [0.15, 0.2) is 18.2 Å². The average Bonchev–Trinajstić information content (AvgIpc) is 2.47. The van der Waals surface area contributed by atoms with Gasteiger partial charge >= 0.3 is 0 Å². The first-order valence-corrected chi connectivity index (χ1v) is 7.07. The predicted molar refractivity (Wildman–Crippen MR) is 78.9 cm³/mol. The molecular weight excluding hydrogens is 270 g/mol. The van der Waals surface area contributed by atoms with Gasteiger partial charge in [0.1, 0.15) is 5.69 Å². The fraction of sp³-hybridized carbons (Fsp3) is 0.533. The summed E-state index contributed by atoms with van der Waals surface area (Å²) in [5.41, 5.74) is -0.0269. The van der Waals surface area contributed by atoms with Gasteiger partial charge in [0.15, 0.2) is 0 Å². The van der Waals surface area contributed by atoms with Crippen LogP contribution >= 0.6 is 0 Å². The van der Waals surface area contributed by atoms with Gasteiger partial charge in [-0.15, -0.1) is 0 Å². The van der Waals surface area contributed by atoms with Crippen LogP contribution in [0.1, 0.15) is 38.2 Å². The van der Waals surface area contributed by atoms with Crippen molar-refractivity contribution in [2.45, 2.75) is 38.1 Å². The summed E-state index contributed by atoms with van der Waals surface area (Å²) in [6.45, 7) is 2.06. The topological polar surface area (TPSA) is 99.2 Å². The fourth-order valence-corrected chi connectivity index (χ4v) is 3.10. The molecule has 1 aromatic rings. The zero-order chi connectivity index (χ0) is 15.5. The van der Waals surface area contributed by atoms with Crippen molar-refractivity contribution in [1.29, 1.82) is 5.26 Å². The number of nitro benzene ring substituents is 1. The summed E-state index contributed by atoms with van der Waals surface area (Å²) in [5, 5.41) is 33.0. The average molecular weight is 289 g/mol. The molecule has 6 heteroatoms. The van der Waals surface area contributed by atoms with Crippen LogP contribution in [0.2, 0.25) is 0 Å². The molecule has 1 fully saturated rings. The number of benzene rings is 1. The molecule has 6 nitrogen and oxygen atoms in total. The lowest BCUT2D eigenvalue weighted by Crippen LogP contribution is -2.46. The maximum absolute atomic E-state index is 11.2. The Morgan fingerprint density at radius 1 is 1.62 bits per heavy atom. The van der Waals surface area contributed by atoms with Crippen LogP contribution in [-0.4, -0.2) is 22.2 Å². The lowest BCUT2D eigenvalue weighted by molar-refractivity contribution is -0.384. The summed E-state index contributed by atoms with van der Waals surface area (Å²) in [6, 6.07) is 6.26. The highest BCUT2D eigenvalue weighted by Crippen LogP contribution is 2.37. The van der Waals surface area contributed by atoms with Gasteiger partial charge in [0.25, 0.3) is 5.69 Å². The van der Waals surface area contributed by atoms with E-state index in [0.29, 0.717) is 11.6 Å². The van der Waals surface area contributed by atoms with Crippen LogP contribution in [0.3, 0.4) is 0 Å². The van der Waals surface area contributed by atoms with Gasteiger partial charge in [0, 0.05) is 6.07 Å². The molecule has 1 aliphatic carbocycles. The molecule has 2 atom stereocenters. The Hall–Kier alpha value is -2.13. The van der Waals surface area contributed by atoms with E-state index in [2.05, 4.69) is 12.2 Å². The van der Waals surface area contributed by atoms with Crippen LogP contribution in [0.4, 0.5) is 11.4 Å². The molecular formula is C15H19N3O3. The Kier molecular flexibility index (Phi) is 4.43. The number of aliphatic hydroxyl groups is 1. The second kappa shape index (κ2) is 6.10. The van der Waals surface area contributed by atoms with Gasteiger partial charge in [-0.2, -0.15) is 5.26 Å². The Bertz CT molecular complexity index is 582. The third-order valence-electron chi connectivity index (χ3n) is 4.12. The minimum absolute atomic E-state index is 0.0610. The summed E-state index contributed by atoms with van der Waals surface area (Å²) in [7, 11) is 0. The normalized spacial score (nSPS) is 25.1. The van der Waals surface area contributed by atoms with Crippen molar-refractivity contribution in [2.24, 2.45) is 5.92 Å². The SMILES string of the molecule is CC1CCCC(CO)(Nc2ccc(C#N)cc2[N+](=O)[O-])C1. The molecule has 1 aromatic carbocycles. The summed E-state index contributed by atoms with van der Waals surface area (Å²) in [4.78, 5) is 10.7.